The molecule has 0 radical (unpaired) electrons. The number of hydrogen-bond acceptors (Lipinski definition) is 3. The van der Waals surface area contributed by atoms with E-state index in [1.807, 2.05) is 13.2 Å². The van der Waals surface area contributed by atoms with Gasteiger partial charge in [-0.3, -0.25) is 4.99 Å². The zero-order chi connectivity index (χ0) is 16.6. The van der Waals surface area contributed by atoms with Crippen molar-refractivity contribution < 1.29 is 0 Å². The minimum absolute atomic E-state index is 0.585. The van der Waals surface area contributed by atoms with Gasteiger partial charge < -0.3 is 15.5 Å². The molecule has 0 bridgehead atoms. The molecular weight excluding hydrogens is 298 g/mol. The summed E-state index contributed by atoms with van der Waals surface area (Å²) in [5.41, 5.74) is 1.26. The third-order valence-corrected chi connectivity index (χ3v) is 5.12. The Bertz CT molecular complexity index is 528. The van der Waals surface area contributed by atoms with Crippen LogP contribution in [-0.2, 0) is 6.54 Å². The van der Waals surface area contributed by atoms with Crippen molar-refractivity contribution in [1.29, 1.82) is 0 Å². The van der Waals surface area contributed by atoms with Crippen LogP contribution in [0.3, 0.4) is 0 Å². The lowest BCUT2D eigenvalue weighted by molar-refractivity contribution is 0.613. The van der Waals surface area contributed by atoms with Gasteiger partial charge in [0.15, 0.2) is 5.96 Å². The molecule has 2 N–H and O–H groups in total. The number of aliphatic imine (C=N–C) groups is 1. The van der Waals surface area contributed by atoms with Crippen molar-refractivity contribution >= 4 is 11.8 Å². The standard InChI is InChI=1S/C19H31N5/c1-20-19(23-17-8-4-5-9-17)22-15-16-10-11-21-18(14-16)24-12-6-2-3-7-13-24/h10-11,14,17H,2-9,12-13,15H2,1H3,(H2,20,22,23). The Kier molecular flexibility index (Phi) is 6.33. The van der Waals surface area contributed by atoms with Crippen LogP contribution in [0.15, 0.2) is 23.3 Å². The number of nitrogens with zero attached hydrogens (tertiary/aromatic N) is 3. The molecule has 1 aromatic heterocycles. The Morgan fingerprint density at radius 1 is 1.17 bits per heavy atom. The van der Waals surface area contributed by atoms with E-state index >= 15 is 0 Å². The fraction of sp³-hybridized carbons (Fsp3) is 0.684. The van der Waals surface area contributed by atoms with Crippen LogP contribution in [0.2, 0.25) is 0 Å². The van der Waals surface area contributed by atoms with Gasteiger partial charge in [0, 0.05) is 38.9 Å². The predicted molar refractivity (Wildman–Crippen MR) is 101 cm³/mol. The van der Waals surface area contributed by atoms with Crippen molar-refractivity contribution in [2.75, 3.05) is 25.0 Å². The van der Waals surface area contributed by atoms with E-state index in [9.17, 15) is 0 Å². The second-order valence-corrected chi connectivity index (χ2v) is 6.98. The lowest BCUT2D eigenvalue weighted by Crippen LogP contribution is -2.41. The topological polar surface area (TPSA) is 52.6 Å². The maximum Gasteiger partial charge on any atom is 0.191 e. The molecule has 2 fully saturated rings. The van der Waals surface area contributed by atoms with Gasteiger partial charge in [0.05, 0.1) is 0 Å². The smallest absolute Gasteiger partial charge is 0.191 e. The van der Waals surface area contributed by atoms with E-state index in [4.69, 9.17) is 0 Å². The van der Waals surface area contributed by atoms with Crippen molar-refractivity contribution in [3.8, 4) is 0 Å². The van der Waals surface area contributed by atoms with Gasteiger partial charge in [-0.1, -0.05) is 25.7 Å². The van der Waals surface area contributed by atoms with Gasteiger partial charge in [-0.25, -0.2) is 4.98 Å². The van der Waals surface area contributed by atoms with Gasteiger partial charge in [0.1, 0.15) is 5.82 Å². The second-order valence-electron chi connectivity index (χ2n) is 6.98. The molecule has 5 nitrogen and oxygen atoms in total. The average Bonchev–Trinajstić information content (AvgIpc) is 2.98. The SMILES string of the molecule is CN=C(NCc1ccnc(N2CCCCCC2)c1)NC1CCCC1. The summed E-state index contributed by atoms with van der Waals surface area (Å²) in [6.45, 7) is 3.05. The number of hydrogen-bond donors (Lipinski definition) is 2. The Balaban J connectivity index is 1.55. The molecule has 0 spiro atoms. The van der Waals surface area contributed by atoms with Crippen molar-refractivity contribution in [3.63, 3.8) is 0 Å². The van der Waals surface area contributed by atoms with Crippen LogP contribution in [0.5, 0.6) is 0 Å². The summed E-state index contributed by atoms with van der Waals surface area (Å²) >= 11 is 0. The third kappa shape index (κ3) is 4.86. The molecular formula is C19H31N5. The van der Waals surface area contributed by atoms with Gasteiger partial charge in [-0.15, -0.1) is 0 Å². The minimum Gasteiger partial charge on any atom is -0.357 e. The number of rotatable bonds is 4. The van der Waals surface area contributed by atoms with E-state index in [0.717, 1.165) is 31.4 Å². The van der Waals surface area contributed by atoms with E-state index in [0.29, 0.717) is 6.04 Å². The summed E-state index contributed by atoms with van der Waals surface area (Å²) in [7, 11) is 1.85. The van der Waals surface area contributed by atoms with Crippen LogP contribution in [0.4, 0.5) is 5.82 Å². The Morgan fingerprint density at radius 2 is 1.92 bits per heavy atom. The summed E-state index contributed by atoms with van der Waals surface area (Å²) < 4.78 is 0. The maximum absolute atomic E-state index is 4.59. The molecule has 24 heavy (non-hydrogen) atoms. The Hall–Kier alpha value is -1.78. The monoisotopic (exact) mass is 329 g/mol. The van der Waals surface area contributed by atoms with Crippen LogP contribution in [0, 0.1) is 0 Å². The van der Waals surface area contributed by atoms with Gasteiger partial charge in [0.25, 0.3) is 0 Å². The molecule has 1 saturated carbocycles. The fourth-order valence-electron chi connectivity index (χ4n) is 3.69. The first-order valence-electron chi connectivity index (χ1n) is 9.52. The largest absolute Gasteiger partial charge is 0.357 e. The summed E-state index contributed by atoms with van der Waals surface area (Å²) in [6.07, 6.45) is 12.4. The molecule has 5 heteroatoms. The first-order valence-corrected chi connectivity index (χ1v) is 9.52. The highest BCUT2D eigenvalue weighted by molar-refractivity contribution is 5.80. The van der Waals surface area contributed by atoms with E-state index < -0.39 is 0 Å². The number of aromatic nitrogens is 1. The van der Waals surface area contributed by atoms with Crippen LogP contribution >= 0.6 is 0 Å². The van der Waals surface area contributed by atoms with E-state index in [1.165, 1.54) is 56.9 Å². The first kappa shape index (κ1) is 17.1. The molecule has 0 amide bonds. The summed E-state index contributed by atoms with van der Waals surface area (Å²) in [5.74, 6) is 2.03. The fourth-order valence-corrected chi connectivity index (χ4v) is 3.69. The molecule has 2 heterocycles. The second kappa shape index (κ2) is 8.90. The van der Waals surface area contributed by atoms with Crippen molar-refractivity contribution in [3.05, 3.63) is 23.9 Å². The van der Waals surface area contributed by atoms with Crippen molar-refractivity contribution in [1.82, 2.24) is 15.6 Å². The van der Waals surface area contributed by atoms with E-state index in [1.54, 1.807) is 0 Å². The number of pyridine rings is 1. The lowest BCUT2D eigenvalue weighted by Gasteiger charge is -2.22. The number of nitrogens with one attached hydrogen (secondary N) is 2. The minimum atomic E-state index is 0.585. The summed E-state index contributed by atoms with van der Waals surface area (Å²) in [6, 6.07) is 4.90. The van der Waals surface area contributed by atoms with E-state index in [2.05, 4.69) is 37.6 Å². The molecule has 0 aromatic carbocycles. The Labute approximate surface area is 146 Å². The number of guanidine groups is 1. The van der Waals surface area contributed by atoms with Gasteiger partial charge in [-0.2, -0.15) is 0 Å². The summed E-state index contributed by atoms with van der Waals surface area (Å²) in [4.78, 5) is 11.4. The highest BCUT2D eigenvalue weighted by atomic mass is 15.2. The summed E-state index contributed by atoms with van der Waals surface area (Å²) in [5, 5.41) is 6.98. The van der Waals surface area contributed by atoms with Gasteiger partial charge >= 0.3 is 0 Å². The molecule has 132 valence electrons. The van der Waals surface area contributed by atoms with Gasteiger partial charge in [-0.05, 0) is 43.4 Å². The quantitative estimate of drug-likeness (QED) is 0.658. The molecule has 0 atom stereocenters. The molecule has 1 aromatic rings. The van der Waals surface area contributed by atoms with Crippen LogP contribution in [0.25, 0.3) is 0 Å². The Morgan fingerprint density at radius 3 is 2.62 bits per heavy atom. The normalized spacial score (nSPS) is 20.0. The molecule has 1 aliphatic carbocycles. The number of anilines is 1. The van der Waals surface area contributed by atoms with Crippen LogP contribution < -0.4 is 15.5 Å². The lowest BCUT2D eigenvalue weighted by atomic mass is 10.2. The highest BCUT2D eigenvalue weighted by Gasteiger charge is 2.16. The molecule has 2 aliphatic rings. The maximum atomic E-state index is 4.59. The van der Waals surface area contributed by atoms with Crippen molar-refractivity contribution in [2.45, 2.75) is 64.0 Å². The zero-order valence-electron chi connectivity index (χ0n) is 14.9. The average molecular weight is 329 g/mol. The molecule has 3 rings (SSSR count). The molecule has 1 saturated heterocycles. The highest BCUT2D eigenvalue weighted by Crippen LogP contribution is 2.19. The molecule has 0 unspecified atom stereocenters. The van der Waals surface area contributed by atoms with E-state index in [-0.39, 0.29) is 0 Å². The van der Waals surface area contributed by atoms with Crippen LogP contribution in [0.1, 0.15) is 56.9 Å². The van der Waals surface area contributed by atoms with Gasteiger partial charge in [0.2, 0.25) is 0 Å². The first-order chi connectivity index (χ1) is 11.8. The van der Waals surface area contributed by atoms with Crippen LogP contribution in [-0.4, -0.2) is 37.1 Å². The molecule has 1 aliphatic heterocycles. The van der Waals surface area contributed by atoms with Crippen molar-refractivity contribution in [2.24, 2.45) is 4.99 Å². The third-order valence-electron chi connectivity index (χ3n) is 5.12. The predicted octanol–water partition coefficient (Wildman–Crippen LogP) is 3.07. The zero-order valence-corrected chi connectivity index (χ0v) is 14.9.